The van der Waals surface area contributed by atoms with Crippen molar-refractivity contribution in [2.45, 2.75) is 70.8 Å². The molecule has 1 amide bonds. The highest BCUT2D eigenvalue weighted by molar-refractivity contribution is 5.85. The summed E-state index contributed by atoms with van der Waals surface area (Å²) in [4.78, 5) is 10.6. The van der Waals surface area contributed by atoms with Crippen molar-refractivity contribution in [3.63, 3.8) is 0 Å². The fraction of sp³-hybridized carbons (Fsp3) is 0.917. The first kappa shape index (κ1) is 18.1. The van der Waals surface area contributed by atoms with Gasteiger partial charge in [0.05, 0.1) is 6.04 Å². The SMILES string of the molecule is CCCCCCCCCCC(N)C(N)=O.Cl. The third-order valence-corrected chi connectivity index (χ3v) is 2.73. The Labute approximate surface area is 106 Å². The van der Waals surface area contributed by atoms with Crippen molar-refractivity contribution in [3.8, 4) is 0 Å². The summed E-state index contributed by atoms with van der Waals surface area (Å²) in [5.41, 5.74) is 10.6. The molecule has 16 heavy (non-hydrogen) atoms. The molecule has 0 aromatic carbocycles. The molecule has 0 fully saturated rings. The van der Waals surface area contributed by atoms with Gasteiger partial charge in [-0.15, -0.1) is 12.4 Å². The monoisotopic (exact) mass is 250 g/mol. The molecule has 0 saturated heterocycles. The molecule has 4 heteroatoms. The van der Waals surface area contributed by atoms with E-state index in [0.717, 1.165) is 12.8 Å². The van der Waals surface area contributed by atoms with Crippen LogP contribution in [0.25, 0.3) is 0 Å². The van der Waals surface area contributed by atoms with Crippen molar-refractivity contribution in [2.24, 2.45) is 11.5 Å². The van der Waals surface area contributed by atoms with Crippen LogP contribution < -0.4 is 11.5 Å². The number of rotatable bonds is 10. The Morgan fingerprint density at radius 1 is 1.00 bits per heavy atom. The molecular formula is C12H27ClN2O. The third-order valence-electron chi connectivity index (χ3n) is 2.73. The van der Waals surface area contributed by atoms with E-state index in [1.165, 1.54) is 44.9 Å². The third kappa shape index (κ3) is 11.8. The molecule has 98 valence electrons. The molecule has 1 unspecified atom stereocenters. The lowest BCUT2D eigenvalue weighted by Gasteiger charge is -2.06. The Hall–Kier alpha value is -0.280. The van der Waals surface area contributed by atoms with Crippen LogP contribution >= 0.6 is 12.4 Å². The van der Waals surface area contributed by atoms with Crippen molar-refractivity contribution in [2.75, 3.05) is 0 Å². The number of nitrogens with two attached hydrogens (primary N) is 2. The second kappa shape index (κ2) is 12.8. The number of halogens is 1. The molecule has 0 aliphatic rings. The maximum Gasteiger partial charge on any atom is 0.234 e. The Bertz CT molecular complexity index is 165. The van der Waals surface area contributed by atoms with Gasteiger partial charge < -0.3 is 11.5 Å². The molecular weight excluding hydrogens is 224 g/mol. The summed E-state index contributed by atoms with van der Waals surface area (Å²) >= 11 is 0. The lowest BCUT2D eigenvalue weighted by Crippen LogP contribution is -2.36. The smallest absolute Gasteiger partial charge is 0.234 e. The van der Waals surface area contributed by atoms with E-state index < -0.39 is 6.04 Å². The molecule has 1 atom stereocenters. The van der Waals surface area contributed by atoms with Gasteiger partial charge >= 0.3 is 0 Å². The van der Waals surface area contributed by atoms with Crippen LogP contribution in [-0.4, -0.2) is 11.9 Å². The molecule has 0 heterocycles. The molecule has 4 N–H and O–H groups in total. The van der Waals surface area contributed by atoms with E-state index in [0.29, 0.717) is 0 Å². The standard InChI is InChI=1S/C12H26N2O.ClH/c1-2-3-4-5-6-7-8-9-10-11(13)12(14)15;/h11H,2-10,13H2,1H3,(H2,14,15);1H. The van der Waals surface area contributed by atoms with E-state index in [4.69, 9.17) is 11.5 Å². The number of unbranched alkanes of at least 4 members (excludes halogenated alkanes) is 7. The molecule has 0 radical (unpaired) electrons. The maximum atomic E-state index is 10.6. The largest absolute Gasteiger partial charge is 0.368 e. The van der Waals surface area contributed by atoms with Crippen LogP contribution in [0.4, 0.5) is 0 Å². The van der Waals surface area contributed by atoms with Crippen LogP contribution in [0, 0.1) is 0 Å². The Morgan fingerprint density at radius 2 is 1.44 bits per heavy atom. The summed E-state index contributed by atoms with van der Waals surface area (Å²) in [7, 11) is 0. The summed E-state index contributed by atoms with van der Waals surface area (Å²) in [6.07, 6.45) is 10.9. The molecule has 0 rings (SSSR count). The number of hydrogen-bond acceptors (Lipinski definition) is 2. The van der Waals surface area contributed by atoms with Gasteiger partial charge in [-0.1, -0.05) is 58.3 Å². The van der Waals surface area contributed by atoms with Gasteiger partial charge in [-0.2, -0.15) is 0 Å². The van der Waals surface area contributed by atoms with Crippen LogP contribution in [0.15, 0.2) is 0 Å². The lowest BCUT2D eigenvalue weighted by atomic mass is 10.0. The molecule has 0 spiro atoms. The van der Waals surface area contributed by atoms with E-state index in [2.05, 4.69) is 6.92 Å². The first-order valence-electron chi connectivity index (χ1n) is 6.23. The van der Waals surface area contributed by atoms with Crippen LogP contribution in [-0.2, 0) is 4.79 Å². The average Bonchev–Trinajstić information content (AvgIpc) is 2.21. The van der Waals surface area contributed by atoms with Crippen molar-refractivity contribution in [3.05, 3.63) is 0 Å². The quantitative estimate of drug-likeness (QED) is 0.586. The zero-order chi connectivity index (χ0) is 11.5. The Morgan fingerprint density at radius 3 is 1.88 bits per heavy atom. The van der Waals surface area contributed by atoms with Crippen LogP contribution in [0.5, 0.6) is 0 Å². The first-order valence-corrected chi connectivity index (χ1v) is 6.23. The fourth-order valence-corrected chi connectivity index (χ4v) is 1.64. The number of carbonyl (C=O) groups excluding carboxylic acids is 1. The molecule has 0 aliphatic carbocycles. The minimum absolute atomic E-state index is 0. The minimum atomic E-state index is -0.440. The zero-order valence-electron chi connectivity index (χ0n) is 10.4. The van der Waals surface area contributed by atoms with E-state index >= 15 is 0 Å². The molecule has 3 nitrogen and oxygen atoms in total. The van der Waals surface area contributed by atoms with Crippen LogP contribution in [0.2, 0.25) is 0 Å². The first-order chi connectivity index (χ1) is 7.18. The lowest BCUT2D eigenvalue weighted by molar-refractivity contribution is -0.119. The Kier molecular flexibility index (Phi) is 14.5. The van der Waals surface area contributed by atoms with Gasteiger partial charge in [0.15, 0.2) is 0 Å². The molecule has 0 saturated carbocycles. The number of hydrogen-bond donors (Lipinski definition) is 2. The second-order valence-electron chi connectivity index (χ2n) is 4.27. The highest BCUT2D eigenvalue weighted by atomic mass is 35.5. The second-order valence-corrected chi connectivity index (χ2v) is 4.27. The van der Waals surface area contributed by atoms with Gasteiger partial charge in [0, 0.05) is 0 Å². The number of primary amides is 1. The highest BCUT2D eigenvalue weighted by Crippen LogP contribution is 2.09. The highest BCUT2D eigenvalue weighted by Gasteiger charge is 2.07. The fourth-order valence-electron chi connectivity index (χ4n) is 1.64. The normalized spacial score (nSPS) is 11.9. The molecule has 0 aromatic rings. The van der Waals surface area contributed by atoms with Gasteiger partial charge in [-0.3, -0.25) is 4.79 Å². The summed E-state index contributed by atoms with van der Waals surface area (Å²) in [5, 5.41) is 0. The molecule has 0 bridgehead atoms. The molecule has 0 aromatic heterocycles. The van der Waals surface area contributed by atoms with Crippen molar-refractivity contribution in [1.82, 2.24) is 0 Å². The van der Waals surface area contributed by atoms with Crippen LogP contribution in [0.3, 0.4) is 0 Å². The predicted octanol–water partition coefficient (Wildman–Crippen LogP) is 2.75. The van der Waals surface area contributed by atoms with Gasteiger partial charge in [0.25, 0.3) is 0 Å². The Balaban J connectivity index is 0. The van der Waals surface area contributed by atoms with Gasteiger partial charge in [0.1, 0.15) is 0 Å². The van der Waals surface area contributed by atoms with Gasteiger partial charge in [-0.25, -0.2) is 0 Å². The summed E-state index contributed by atoms with van der Waals surface area (Å²) in [5.74, 6) is -0.377. The number of carbonyl (C=O) groups is 1. The van der Waals surface area contributed by atoms with Gasteiger partial charge in [-0.05, 0) is 6.42 Å². The van der Waals surface area contributed by atoms with Gasteiger partial charge in [0.2, 0.25) is 5.91 Å². The summed E-state index contributed by atoms with van der Waals surface area (Å²) in [6.45, 7) is 2.23. The molecule has 0 aliphatic heterocycles. The number of amides is 1. The van der Waals surface area contributed by atoms with Crippen molar-refractivity contribution < 1.29 is 4.79 Å². The summed E-state index contributed by atoms with van der Waals surface area (Å²) in [6, 6.07) is -0.440. The van der Waals surface area contributed by atoms with E-state index in [1.807, 2.05) is 0 Å². The summed E-state index contributed by atoms with van der Waals surface area (Å²) < 4.78 is 0. The van der Waals surface area contributed by atoms with Crippen LogP contribution in [0.1, 0.15) is 64.7 Å². The van der Waals surface area contributed by atoms with E-state index in [1.54, 1.807) is 0 Å². The minimum Gasteiger partial charge on any atom is -0.368 e. The van der Waals surface area contributed by atoms with E-state index in [9.17, 15) is 4.79 Å². The predicted molar refractivity (Wildman–Crippen MR) is 71.6 cm³/mol. The zero-order valence-corrected chi connectivity index (χ0v) is 11.2. The van der Waals surface area contributed by atoms with E-state index in [-0.39, 0.29) is 18.3 Å². The van der Waals surface area contributed by atoms with Crippen molar-refractivity contribution >= 4 is 18.3 Å². The maximum absolute atomic E-state index is 10.6. The van der Waals surface area contributed by atoms with Crippen molar-refractivity contribution in [1.29, 1.82) is 0 Å². The average molecular weight is 251 g/mol. The topological polar surface area (TPSA) is 69.1 Å².